The molecule has 3 aromatic heterocycles. The van der Waals surface area contributed by atoms with Crippen LogP contribution in [0.3, 0.4) is 0 Å². The van der Waals surface area contributed by atoms with Gasteiger partial charge in [0.15, 0.2) is 5.69 Å². The zero-order chi connectivity index (χ0) is 18.7. The summed E-state index contributed by atoms with van der Waals surface area (Å²) in [6.07, 6.45) is 1.72. The van der Waals surface area contributed by atoms with E-state index in [1.54, 1.807) is 22.1 Å². The summed E-state index contributed by atoms with van der Waals surface area (Å²) in [5.41, 5.74) is 2.15. The lowest BCUT2D eigenvalue weighted by molar-refractivity contribution is -0.114. The molecule has 0 saturated heterocycles. The number of anilines is 2. The van der Waals surface area contributed by atoms with Crippen molar-refractivity contribution in [3.8, 4) is 0 Å². The number of hydrogen-bond donors (Lipinski definition) is 2. The first kappa shape index (κ1) is 17.9. The van der Waals surface area contributed by atoms with Crippen LogP contribution in [0.2, 0.25) is 0 Å². The minimum atomic E-state index is -0.512. The zero-order valence-corrected chi connectivity index (χ0v) is 15.6. The van der Waals surface area contributed by atoms with Crippen molar-refractivity contribution in [2.75, 3.05) is 17.7 Å². The van der Waals surface area contributed by atoms with Gasteiger partial charge in [-0.05, 0) is 24.4 Å². The monoisotopic (exact) mass is 372 g/mol. The van der Waals surface area contributed by atoms with Crippen LogP contribution >= 0.6 is 11.3 Å². The summed E-state index contributed by atoms with van der Waals surface area (Å²) >= 11 is 1.67. The summed E-state index contributed by atoms with van der Waals surface area (Å²) in [5, 5.41) is 8.79. The molecule has 0 aliphatic rings. The van der Waals surface area contributed by atoms with Gasteiger partial charge in [0.25, 0.3) is 0 Å². The molecule has 0 spiro atoms. The molecule has 0 aliphatic heterocycles. The lowest BCUT2D eigenvalue weighted by atomic mass is 10.2. The summed E-state index contributed by atoms with van der Waals surface area (Å²) in [4.78, 5) is 29.7. The van der Waals surface area contributed by atoms with Crippen LogP contribution < -0.4 is 10.6 Å². The van der Waals surface area contributed by atoms with Gasteiger partial charge in [0.2, 0.25) is 5.91 Å². The van der Waals surface area contributed by atoms with E-state index < -0.39 is 5.97 Å². The predicted octanol–water partition coefficient (Wildman–Crippen LogP) is 3.47. The highest BCUT2D eigenvalue weighted by Crippen LogP contribution is 2.32. The van der Waals surface area contributed by atoms with Crippen LogP contribution in [0.5, 0.6) is 0 Å². The van der Waals surface area contributed by atoms with Gasteiger partial charge < -0.3 is 19.9 Å². The third-order valence-corrected chi connectivity index (χ3v) is 4.82. The van der Waals surface area contributed by atoms with Crippen molar-refractivity contribution in [2.45, 2.75) is 26.9 Å². The topological polar surface area (TPSA) is 85.2 Å². The molecule has 0 aliphatic carbocycles. The van der Waals surface area contributed by atoms with Gasteiger partial charge in [-0.15, -0.1) is 11.3 Å². The number of aromatic nitrogens is 2. The minimum Gasteiger partial charge on any atom is -0.464 e. The van der Waals surface area contributed by atoms with E-state index in [0.29, 0.717) is 35.5 Å². The molecule has 3 heterocycles. The van der Waals surface area contributed by atoms with Gasteiger partial charge in [-0.2, -0.15) is 0 Å². The molecule has 3 aromatic rings. The quantitative estimate of drug-likeness (QED) is 0.647. The standard InChI is InChI=1S/C18H20N4O3S/c1-4-22-16(18(24)25-3)15(21-11(2)23)14-8-12(9-20-17(14)22)19-10-13-6-5-7-26-13/h5-9,19H,4,10H2,1-3H3,(H,21,23). The van der Waals surface area contributed by atoms with Crippen molar-refractivity contribution in [3.05, 3.63) is 40.3 Å². The van der Waals surface area contributed by atoms with E-state index in [2.05, 4.69) is 21.7 Å². The number of carbonyl (C=O) groups is 2. The number of fused-ring (bicyclic) bond motifs is 1. The first-order valence-electron chi connectivity index (χ1n) is 8.19. The SMILES string of the molecule is CCn1c(C(=O)OC)c(NC(C)=O)c2cc(NCc3cccs3)cnc21. The number of hydrogen-bond acceptors (Lipinski definition) is 6. The van der Waals surface area contributed by atoms with E-state index in [9.17, 15) is 9.59 Å². The fraction of sp³-hybridized carbons (Fsp3) is 0.278. The molecule has 0 saturated carbocycles. The predicted molar refractivity (Wildman–Crippen MR) is 103 cm³/mol. The van der Waals surface area contributed by atoms with Gasteiger partial charge in [-0.3, -0.25) is 4.79 Å². The Labute approximate surface area is 155 Å². The number of amides is 1. The van der Waals surface area contributed by atoms with Crippen LogP contribution in [0.4, 0.5) is 11.4 Å². The van der Waals surface area contributed by atoms with Crippen LogP contribution in [0.15, 0.2) is 29.8 Å². The molecule has 26 heavy (non-hydrogen) atoms. The third kappa shape index (κ3) is 3.41. The van der Waals surface area contributed by atoms with Crippen LogP contribution in [0.25, 0.3) is 11.0 Å². The first-order valence-corrected chi connectivity index (χ1v) is 9.07. The van der Waals surface area contributed by atoms with E-state index in [4.69, 9.17) is 4.74 Å². The summed E-state index contributed by atoms with van der Waals surface area (Å²) < 4.78 is 6.65. The van der Waals surface area contributed by atoms with E-state index in [1.807, 2.05) is 24.4 Å². The molecule has 0 fully saturated rings. The highest BCUT2D eigenvalue weighted by atomic mass is 32.1. The van der Waals surface area contributed by atoms with E-state index in [1.165, 1.54) is 18.9 Å². The number of thiophene rings is 1. The number of nitrogens with one attached hydrogen (secondary N) is 2. The number of aryl methyl sites for hydroxylation is 1. The van der Waals surface area contributed by atoms with Crippen molar-refractivity contribution < 1.29 is 14.3 Å². The van der Waals surface area contributed by atoms with Crippen molar-refractivity contribution in [3.63, 3.8) is 0 Å². The highest BCUT2D eigenvalue weighted by Gasteiger charge is 2.24. The maximum absolute atomic E-state index is 12.3. The molecule has 0 aromatic carbocycles. The van der Waals surface area contributed by atoms with Crippen molar-refractivity contribution >= 4 is 45.6 Å². The van der Waals surface area contributed by atoms with Gasteiger partial charge in [-0.25, -0.2) is 9.78 Å². The lowest BCUT2D eigenvalue weighted by Crippen LogP contribution is -2.14. The van der Waals surface area contributed by atoms with Crippen LogP contribution in [0.1, 0.15) is 29.2 Å². The first-order chi connectivity index (χ1) is 12.5. The lowest BCUT2D eigenvalue weighted by Gasteiger charge is -2.07. The molecule has 2 N–H and O–H groups in total. The maximum atomic E-state index is 12.3. The second-order valence-electron chi connectivity index (χ2n) is 5.67. The Morgan fingerprint density at radius 2 is 2.19 bits per heavy atom. The van der Waals surface area contributed by atoms with E-state index in [0.717, 1.165) is 5.69 Å². The molecular weight excluding hydrogens is 352 g/mol. The Morgan fingerprint density at radius 1 is 1.38 bits per heavy atom. The summed E-state index contributed by atoms with van der Waals surface area (Å²) in [6, 6.07) is 5.94. The Balaban J connectivity index is 2.08. The Hall–Kier alpha value is -2.87. The molecule has 0 radical (unpaired) electrons. The number of methoxy groups -OCH3 is 1. The van der Waals surface area contributed by atoms with Crippen molar-refractivity contribution in [1.29, 1.82) is 0 Å². The number of rotatable bonds is 6. The molecule has 8 heteroatoms. The largest absolute Gasteiger partial charge is 0.464 e. The second kappa shape index (κ2) is 7.57. The normalized spacial score (nSPS) is 10.7. The fourth-order valence-corrected chi connectivity index (χ4v) is 3.49. The molecule has 3 rings (SSSR count). The number of ether oxygens (including phenoxy) is 1. The molecule has 7 nitrogen and oxygen atoms in total. The van der Waals surface area contributed by atoms with E-state index >= 15 is 0 Å². The summed E-state index contributed by atoms with van der Waals surface area (Å²) in [7, 11) is 1.32. The molecule has 1 amide bonds. The number of carbonyl (C=O) groups excluding carboxylic acids is 2. The van der Waals surface area contributed by atoms with Crippen molar-refractivity contribution in [1.82, 2.24) is 9.55 Å². The Kier molecular flexibility index (Phi) is 5.22. The second-order valence-corrected chi connectivity index (χ2v) is 6.70. The molecule has 0 unspecified atom stereocenters. The molecule has 0 atom stereocenters. The summed E-state index contributed by atoms with van der Waals surface area (Å²) in [6.45, 7) is 4.52. The Bertz CT molecular complexity index is 947. The third-order valence-electron chi connectivity index (χ3n) is 3.94. The number of pyridine rings is 1. The minimum absolute atomic E-state index is 0.262. The zero-order valence-electron chi connectivity index (χ0n) is 14.8. The van der Waals surface area contributed by atoms with Gasteiger partial charge in [0.1, 0.15) is 5.65 Å². The summed E-state index contributed by atoms with van der Waals surface area (Å²) in [5.74, 6) is -0.774. The maximum Gasteiger partial charge on any atom is 0.356 e. The van der Waals surface area contributed by atoms with Crippen LogP contribution in [-0.4, -0.2) is 28.5 Å². The number of nitrogens with zero attached hydrogens (tertiary/aromatic N) is 2. The molecular formula is C18H20N4O3S. The van der Waals surface area contributed by atoms with Gasteiger partial charge >= 0.3 is 5.97 Å². The van der Waals surface area contributed by atoms with Gasteiger partial charge in [-0.1, -0.05) is 6.07 Å². The van der Waals surface area contributed by atoms with Gasteiger partial charge in [0, 0.05) is 30.3 Å². The van der Waals surface area contributed by atoms with Crippen LogP contribution in [-0.2, 0) is 22.6 Å². The van der Waals surface area contributed by atoms with Crippen LogP contribution in [0, 0.1) is 0 Å². The molecule has 0 bridgehead atoms. The average molecular weight is 372 g/mol. The van der Waals surface area contributed by atoms with E-state index in [-0.39, 0.29) is 5.91 Å². The average Bonchev–Trinajstić information content (AvgIpc) is 3.25. The number of esters is 1. The molecule has 136 valence electrons. The fourth-order valence-electron chi connectivity index (χ4n) is 2.84. The Morgan fingerprint density at radius 3 is 2.81 bits per heavy atom. The van der Waals surface area contributed by atoms with Gasteiger partial charge in [0.05, 0.1) is 24.7 Å². The smallest absolute Gasteiger partial charge is 0.356 e. The highest BCUT2D eigenvalue weighted by molar-refractivity contribution is 7.09. The van der Waals surface area contributed by atoms with Crippen molar-refractivity contribution in [2.24, 2.45) is 0 Å².